The fourth-order valence-corrected chi connectivity index (χ4v) is 3.88. The Morgan fingerprint density at radius 1 is 1.22 bits per heavy atom. The number of halogens is 3. The second-order valence-corrected chi connectivity index (χ2v) is 8.32. The van der Waals surface area contributed by atoms with Gasteiger partial charge in [-0.2, -0.15) is 0 Å². The van der Waals surface area contributed by atoms with Gasteiger partial charge in [0.15, 0.2) is 17.7 Å². The van der Waals surface area contributed by atoms with Crippen LogP contribution in [0.1, 0.15) is 16.2 Å². The third-order valence-electron chi connectivity index (χ3n) is 5.49. The highest BCUT2D eigenvalue weighted by Gasteiger charge is 2.28. The van der Waals surface area contributed by atoms with Gasteiger partial charge in [-0.3, -0.25) is 19.0 Å². The van der Waals surface area contributed by atoms with Gasteiger partial charge in [0, 0.05) is 7.05 Å². The lowest BCUT2D eigenvalue weighted by atomic mass is 10.2. The van der Waals surface area contributed by atoms with Crippen LogP contribution < -0.4 is 21.3 Å². The van der Waals surface area contributed by atoms with Crippen LogP contribution in [0.4, 0.5) is 8.78 Å². The molecule has 2 unspecified atom stereocenters. The minimum atomic E-state index is -0.993. The van der Waals surface area contributed by atoms with Crippen LogP contribution in [0.15, 0.2) is 35.1 Å². The maximum Gasteiger partial charge on any atom is 0.284 e. The molecule has 1 aliphatic rings. The van der Waals surface area contributed by atoms with Crippen molar-refractivity contribution >= 4 is 34.3 Å². The number of hydrogen-bond acceptors (Lipinski definition) is 7. The number of nitrogens with zero attached hydrogens (tertiary/aromatic N) is 2. The number of amides is 2. The SMILES string of the molecule is CNC(=O)C1COC(COc2c(F)ccc3nc(C(N)=O)n(Cc4ccc(F)c(Cl)c4)c(=O)c23)CO1. The zero-order chi connectivity index (χ0) is 26.0. The van der Waals surface area contributed by atoms with Crippen LogP contribution in [-0.2, 0) is 20.8 Å². The third kappa shape index (κ3) is 5.15. The van der Waals surface area contributed by atoms with Crippen molar-refractivity contribution in [2.24, 2.45) is 5.73 Å². The molecular weight excluding hydrogens is 502 g/mol. The van der Waals surface area contributed by atoms with Crippen LogP contribution in [0.25, 0.3) is 10.9 Å². The van der Waals surface area contributed by atoms with Crippen LogP contribution >= 0.6 is 11.6 Å². The fourth-order valence-electron chi connectivity index (χ4n) is 3.68. The second kappa shape index (κ2) is 10.6. The molecule has 2 heterocycles. The van der Waals surface area contributed by atoms with Gasteiger partial charge in [0.2, 0.25) is 5.82 Å². The number of aromatic nitrogens is 2. The summed E-state index contributed by atoms with van der Waals surface area (Å²) in [5, 5.41) is 2.04. The first-order chi connectivity index (χ1) is 17.2. The number of ether oxygens (including phenoxy) is 3. The molecule has 10 nitrogen and oxygen atoms in total. The number of carbonyl (C=O) groups is 2. The molecule has 13 heteroatoms. The lowest BCUT2D eigenvalue weighted by Gasteiger charge is -2.28. The van der Waals surface area contributed by atoms with Gasteiger partial charge < -0.3 is 25.3 Å². The maximum absolute atomic E-state index is 14.8. The quantitative estimate of drug-likeness (QED) is 0.478. The fraction of sp³-hybridized carbons (Fsp3) is 0.304. The molecule has 1 fully saturated rings. The monoisotopic (exact) mass is 522 g/mol. The smallest absolute Gasteiger partial charge is 0.284 e. The molecule has 2 atom stereocenters. The standard InChI is InChI=1S/C23H21ClF2N4O6/c1-28-22(32)17-10-34-12(8-35-17)9-36-19-15(26)4-5-16-18(19)23(33)30(21(29-16)20(27)31)7-11-2-3-14(25)13(24)6-11/h2-6,12,17H,7-10H2,1H3,(H2,27,31)(H,28,32). The van der Waals surface area contributed by atoms with E-state index in [0.717, 1.165) is 16.7 Å². The number of nitrogens with two attached hydrogens (primary N) is 1. The average Bonchev–Trinajstić information content (AvgIpc) is 2.86. The highest BCUT2D eigenvalue weighted by atomic mass is 35.5. The molecule has 0 spiro atoms. The summed E-state index contributed by atoms with van der Waals surface area (Å²) in [4.78, 5) is 41.3. The van der Waals surface area contributed by atoms with E-state index in [2.05, 4.69) is 10.3 Å². The Kier molecular flexibility index (Phi) is 7.48. The van der Waals surface area contributed by atoms with Gasteiger partial charge in [-0.05, 0) is 29.8 Å². The van der Waals surface area contributed by atoms with Crippen molar-refractivity contribution in [3.63, 3.8) is 0 Å². The highest BCUT2D eigenvalue weighted by molar-refractivity contribution is 6.30. The van der Waals surface area contributed by atoms with Crippen molar-refractivity contribution in [1.29, 1.82) is 0 Å². The van der Waals surface area contributed by atoms with E-state index in [1.54, 1.807) is 0 Å². The molecule has 190 valence electrons. The van der Waals surface area contributed by atoms with Crippen molar-refractivity contribution in [3.05, 3.63) is 68.7 Å². The predicted octanol–water partition coefficient (Wildman–Crippen LogP) is 1.38. The summed E-state index contributed by atoms with van der Waals surface area (Å²) in [6.45, 7) is -0.454. The van der Waals surface area contributed by atoms with Gasteiger partial charge in [0.25, 0.3) is 17.4 Å². The first-order valence-corrected chi connectivity index (χ1v) is 11.1. The van der Waals surface area contributed by atoms with Crippen LogP contribution in [0.2, 0.25) is 5.02 Å². The number of likely N-dealkylation sites (N-methyl/N-ethyl adjacent to an activating group) is 1. The summed E-state index contributed by atoms with van der Waals surface area (Å²) in [5.74, 6) is -3.61. The van der Waals surface area contributed by atoms with Crippen LogP contribution in [-0.4, -0.2) is 60.4 Å². The topological polar surface area (TPSA) is 135 Å². The summed E-state index contributed by atoms with van der Waals surface area (Å²) in [5.41, 5.74) is 5.00. The number of benzene rings is 2. The minimum Gasteiger partial charge on any atom is -0.487 e. The Morgan fingerprint density at radius 2 is 1.97 bits per heavy atom. The van der Waals surface area contributed by atoms with Crippen molar-refractivity contribution < 1.29 is 32.6 Å². The van der Waals surface area contributed by atoms with E-state index in [-0.39, 0.29) is 54.0 Å². The molecular formula is C23H21ClF2N4O6. The predicted molar refractivity (Wildman–Crippen MR) is 124 cm³/mol. The van der Waals surface area contributed by atoms with Gasteiger partial charge in [-0.15, -0.1) is 0 Å². The maximum atomic E-state index is 14.8. The molecule has 2 aromatic carbocycles. The second-order valence-electron chi connectivity index (χ2n) is 7.91. The van der Waals surface area contributed by atoms with Crippen molar-refractivity contribution in [2.75, 3.05) is 26.9 Å². The summed E-state index contributed by atoms with van der Waals surface area (Å²) in [7, 11) is 1.47. The van der Waals surface area contributed by atoms with E-state index >= 15 is 0 Å². The normalized spacial score (nSPS) is 17.7. The lowest BCUT2D eigenvalue weighted by Crippen LogP contribution is -2.46. The first kappa shape index (κ1) is 25.5. The van der Waals surface area contributed by atoms with E-state index < -0.39 is 41.1 Å². The molecule has 0 saturated carbocycles. The highest BCUT2D eigenvalue weighted by Crippen LogP contribution is 2.27. The zero-order valence-electron chi connectivity index (χ0n) is 18.9. The van der Waals surface area contributed by atoms with Crippen molar-refractivity contribution in [1.82, 2.24) is 14.9 Å². The Morgan fingerprint density at radius 3 is 2.61 bits per heavy atom. The Hall–Kier alpha value is -3.61. The van der Waals surface area contributed by atoms with E-state index in [9.17, 15) is 23.2 Å². The van der Waals surface area contributed by atoms with Gasteiger partial charge in [0.1, 0.15) is 23.9 Å². The van der Waals surface area contributed by atoms with Crippen LogP contribution in [0, 0.1) is 11.6 Å². The number of fused-ring (bicyclic) bond motifs is 1. The average molecular weight is 523 g/mol. The molecule has 0 aliphatic carbocycles. The molecule has 1 aliphatic heterocycles. The van der Waals surface area contributed by atoms with Crippen molar-refractivity contribution in [2.45, 2.75) is 18.8 Å². The Balaban J connectivity index is 1.67. The lowest BCUT2D eigenvalue weighted by molar-refractivity contribution is -0.163. The molecule has 0 radical (unpaired) electrons. The largest absolute Gasteiger partial charge is 0.487 e. The number of hydrogen-bond donors (Lipinski definition) is 2. The summed E-state index contributed by atoms with van der Waals surface area (Å²) in [6.07, 6.45) is -1.41. The number of rotatable bonds is 7. The van der Waals surface area contributed by atoms with E-state index in [4.69, 9.17) is 31.5 Å². The van der Waals surface area contributed by atoms with E-state index in [1.807, 2.05) is 0 Å². The van der Waals surface area contributed by atoms with Gasteiger partial charge >= 0.3 is 0 Å². The molecule has 1 aromatic heterocycles. The first-order valence-electron chi connectivity index (χ1n) is 10.7. The number of nitrogens with one attached hydrogen (secondary N) is 1. The summed E-state index contributed by atoms with van der Waals surface area (Å²) >= 11 is 5.83. The van der Waals surface area contributed by atoms with Gasteiger partial charge in [0.05, 0.1) is 30.3 Å². The van der Waals surface area contributed by atoms with Crippen LogP contribution in [0.3, 0.4) is 0 Å². The van der Waals surface area contributed by atoms with Crippen LogP contribution in [0.5, 0.6) is 5.75 Å². The van der Waals surface area contributed by atoms with E-state index in [0.29, 0.717) is 5.56 Å². The molecule has 3 aromatic rings. The van der Waals surface area contributed by atoms with Gasteiger partial charge in [-0.25, -0.2) is 13.8 Å². The molecule has 0 bridgehead atoms. The summed E-state index contributed by atoms with van der Waals surface area (Å²) < 4.78 is 45.9. The molecule has 3 N–H and O–H groups in total. The zero-order valence-corrected chi connectivity index (χ0v) is 19.7. The molecule has 2 amide bonds. The number of primary amides is 1. The van der Waals surface area contributed by atoms with Gasteiger partial charge in [-0.1, -0.05) is 17.7 Å². The Bertz CT molecular complexity index is 1390. The number of carbonyl (C=O) groups excluding carboxylic acids is 2. The minimum absolute atomic E-state index is 0.00407. The summed E-state index contributed by atoms with van der Waals surface area (Å²) in [6, 6.07) is 6.03. The third-order valence-corrected chi connectivity index (χ3v) is 5.78. The van der Waals surface area contributed by atoms with Crippen molar-refractivity contribution in [3.8, 4) is 5.75 Å². The van der Waals surface area contributed by atoms with E-state index in [1.165, 1.54) is 25.2 Å². The Labute approximate surface area is 207 Å². The molecule has 1 saturated heterocycles. The molecule has 4 rings (SSSR count). The molecule has 36 heavy (non-hydrogen) atoms.